The number of benzene rings is 2. The van der Waals surface area contributed by atoms with Gasteiger partial charge in [-0.1, -0.05) is 18.2 Å². The number of hydrogen-bond donors (Lipinski definition) is 1. The van der Waals surface area contributed by atoms with Crippen molar-refractivity contribution in [3.8, 4) is 5.69 Å². The molecule has 3 aromatic rings. The number of nitro groups is 1. The molecule has 10 heteroatoms. The molecule has 1 aromatic heterocycles. The van der Waals surface area contributed by atoms with Crippen LogP contribution in [0.5, 0.6) is 0 Å². The highest BCUT2D eigenvalue weighted by Crippen LogP contribution is 2.24. The highest BCUT2D eigenvalue weighted by Gasteiger charge is 2.23. The van der Waals surface area contributed by atoms with E-state index in [1.54, 1.807) is 4.68 Å². The van der Waals surface area contributed by atoms with Gasteiger partial charge in [-0.3, -0.25) is 14.9 Å². The molecule has 150 valence electrons. The van der Waals surface area contributed by atoms with Crippen LogP contribution in [-0.4, -0.2) is 41.8 Å². The predicted octanol–water partition coefficient (Wildman–Crippen LogP) is 2.16. The van der Waals surface area contributed by atoms with Gasteiger partial charge in [0.1, 0.15) is 4.90 Å². The van der Waals surface area contributed by atoms with Gasteiger partial charge in [0.15, 0.2) is 9.84 Å². The number of nitro benzene ring substituents is 1. The first-order valence-electron chi connectivity index (χ1n) is 8.62. The van der Waals surface area contributed by atoms with Crippen molar-refractivity contribution in [3.63, 3.8) is 0 Å². The van der Waals surface area contributed by atoms with Crippen LogP contribution in [0.25, 0.3) is 5.69 Å². The molecular formula is C19H18N4O5S. The molecule has 0 unspecified atom stereocenters. The second-order valence-electron chi connectivity index (χ2n) is 6.30. The minimum atomic E-state index is -3.78. The van der Waals surface area contributed by atoms with Gasteiger partial charge in [-0.05, 0) is 30.3 Å². The van der Waals surface area contributed by atoms with Crippen molar-refractivity contribution >= 4 is 21.4 Å². The summed E-state index contributed by atoms with van der Waals surface area (Å²) in [7, 11) is -3.78. The lowest BCUT2D eigenvalue weighted by Gasteiger charge is -2.06. The van der Waals surface area contributed by atoms with E-state index in [1.165, 1.54) is 6.07 Å². The van der Waals surface area contributed by atoms with E-state index in [4.69, 9.17) is 0 Å². The molecule has 3 rings (SSSR count). The van der Waals surface area contributed by atoms with E-state index < -0.39 is 31.3 Å². The van der Waals surface area contributed by atoms with Gasteiger partial charge in [0.25, 0.3) is 11.6 Å². The van der Waals surface area contributed by atoms with Crippen molar-refractivity contribution < 1.29 is 18.1 Å². The van der Waals surface area contributed by atoms with Crippen LogP contribution in [0.1, 0.15) is 16.1 Å². The molecule has 0 aliphatic carbocycles. The normalized spacial score (nSPS) is 11.2. The Hall–Kier alpha value is -3.53. The fourth-order valence-corrected chi connectivity index (χ4v) is 3.57. The zero-order chi connectivity index (χ0) is 21.0. The maximum absolute atomic E-state index is 12.3. The average Bonchev–Trinajstić information content (AvgIpc) is 3.16. The summed E-state index contributed by atoms with van der Waals surface area (Å²) in [6, 6.07) is 14.7. The molecule has 2 aromatic carbocycles. The largest absolute Gasteiger partial charge is 0.352 e. The van der Waals surface area contributed by atoms with Crippen LogP contribution in [0.2, 0.25) is 0 Å². The average molecular weight is 414 g/mol. The predicted molar refractivity (Wildman–Crippen MR) is 106 cm³/mol. The molecule has 0 radical (unpaired) electrons. The van der Waals surface area contributed by atoms with Crippen molar-refractivity contribution in [2.75, 3.05) is 12.8 Å². The number of aromatic nitrogens is 2. The Morgan fingerprint density at radius 2 is 1.90 bits per heavy atom. The van der Waals surface area contributed by atoms with Crippen LogP contribution in [0.15, 0.2) is 65.7 Å². The zero-order valence-corrected chi connectivity index (χ0v) is 16.3. The molecule has 0 aliphatic rings. The Bertz CT molecular complexity index is 1160. The summed E-state index contributed by atoms with van der Waals surface area (Å²) in [6.45, 7) is 0.270. The van der Waals surface area contributed by atoms with Crippen LogP contribution >= 0.6 is 0 Å². The molecule has 1 heterocycles. The Morgan fingerprint density at radius 1 is 1.17 bits per heavy atom. The summed E-state index contributed by atoms with van der Waals surface area (Å²) >= 11 is 0. The molecule has 9 nitrogen and oxygen atoms in total. The molecule has 0 atom stereocenters. The van der Waals surface area contributed by atoms with Gasteiger partial charge < -0.3 is 5.32 Å². The van der Waals surface area contributed by atoms with Crippen LogP contribution < -0.4 is 5.32 Å². The smallest absolute Gasteiger partial charge is 0.288 e. The van der Waals surface area contributed by atoms with Crippen molar-refractivity contribution in [1.29, 1.82) is 0 Å². The van der Waals surface area contributed by atoms with E-state index in [2.05, 4.69) is 10.4 Å². The number of carbonyl (C=O) groups excluding carboxylic acids is 1. The van der Waals surface area contributed by atoms with Crippen molar-refractivity contribution in [2.45, 2.75) is 11.3 Å². The maximum Gasteiger partial charge on any atom is 0.288 e. The number of hydrogen-bond acceptors (Lipinski definition) is 6. The molecule has 0 bridgehead atoms. The van der Waals surface area contributed by atoms with Crippen molar-refractivity contribution in [1.82, 2.24) is 15.1 Å². The molecule has 1 N–H and O–H groups in total. The van der Waals surface area contributed by atoms with Crippen LogP contribution in [0, 0.1) is 10.1 Å². The third kappa shape index (κ3) is 4.85. The van der Waals surface area contributed by atoms with E-state index in [0.29, 0.717) is 6.42 Å². The fourth-order valence-electron chi connectivity index (χ4n) is 2.74. The number of para-hydroxylation sites is 1. The Morgan fingerprint density at radius 3 is 2.55 bits per heavy atom. The summed E-state index contributed by atoms with van der Waals surface area (Å²) in [5.74, 6) is -0.532. The monoisotopic (exact) mass is 414 g/mol. The number of nitrogens with zero attached hydrogens (tertiary/aromatic N) is 3. The first-order chi connectivity index (χ1) is 13.8. The Balaban J connectivity index is 1.65. The third-order valence-corrected chi connectivity index (χ3v) is 5.29. The maximum atomic E-state index is 12.3. The van der Waals surface area contributed by atoms with Gasteiger partial charge >= 0.3 is 0 Å². The fraction of sp³-hybridized carbons (Fsp3) is 0.158. The van der Waals surface area contributed by atoms with Gasteiger partial charge in [-0.2, -0.15) is 5.10 Å². The first-order valence-corrected chi connectivity index (χ1v) is 10.5. The van der Waals surface area contributed by atoms with E-state index in [1.807, 2.05) is 42.6 Å². The molecule has 0 saturated heterocycles. The van der Waals surface area contributed by atoms with Crippen LogP contribution in [-0.2, 0) is 16.3 Å². The molecule has 0 spiro atoms. The van der Waals surface area contributed by atoms with E-state index in [9.17, 15) is 23.3 Å². The number of nitrogens with one attached hydrogen (secondary N) is 1. The lowest BCUT2D eigenvalue weighted by Crippen LogP contribution is -2.26. The van der Waals surface area contributed by atoms with Gasteiger partial charge in [-0.15, -0.1) is 0 Å². The van der Waals surface area contributed by atoms with E-state index >= 15 is 0 Å². The van der Waals surface area contributed by atoms with E-state index in [0.717, 1.165) is 29.8 Å². The zero-order valence-electron chi connectivity index (χ0n) is 15.5. The van der Waals surface area contributed by atoms with Gasteiger partial charge in [0.05, 0.1) is 16.3 Å². The summed E-state index contributed by atoms with van der Waals surface area (Å²) in [5.41, 5.74) is 1.08. The third-order valence-electron chi connectivity index (χ3n) is 4.15. The molecule has 29 heavy (non-hydrogen) atoms. The van der Waals surface area contributed by atoms with Gasteiger partial charge in [0, 0.05) is 37.0 Å². The van der Waals surface area contributed by atoms with Crippen LogP contribution in [0.3, 0.4) is 0 Å². The number of amides is 1. The molecule has 0 aliphatic heterocycles. The molecular weight excluding hydrogens is 396 g/mol. The standard InChI is InChI=1S/C19H18N4O5S/c1-29(27,28)18-8-7-14(13-17(18)23(25)26)19(24)20-11-9-15-10-12-22(21-15)16-5-3-2-4-6-16/h2-8,10,12-13H,9,11H2,1H3,(H,20,24). The lowest BCUT2D eigenvalue weighted by molar-refractivity contribution is -0.387. The Kier molecular flexibility index (Phi) is 5.74. The molecule has 1 amide bonds. The quantitative estimate of drug-likeness (QED) is 0.467. The first kappa shape index (κ1) is 20.2. The number of rotatable bonds is 7. The number of sulfone groups is 1. The van der Waals surface area contributed by atoms with Crippen molar-refractivity contribution in [3.05, 3.63) is 82.2 Å². The van der Waals surface area contributed by atoms with Crippen LogP contribution in [0.4, 0.5) is 5.69 Å². The minimum Gasteiger partial charge on any atom is -0.352 e. The van der Waals surface area contributed by atoms with Gasteiger partial charge in [0.2, 0.25) is 0 Å². The van der Waals surface area contributed by atoms with Gasteiger partial charge in [-0.25, -0.2) is 13.1 Å². The van der Waals surface area contributed by atoms with E-state index in [-0.39, 0.29) is 12.1 Å². The summed E-state index contributed by atoms with van der Waals surface area (Å²) < 4.78 is 25.0. The minimum absolute atomic E-state index is 0.0129. The summed E-state index contributed by atoms with van der Waals surface area (Å²) in [6.07, 6.45) is 3.17. The number of carbonyl (C=O) groups is 1. The molecule has 0 fully saturated rings. The topological polar surface area (TPSA) is 124 Å². The SMILES string of the molecule is CS(=O)(=O)c1ccc(C(=O)NCCc2ccn(-c3ccccc3)n2)cc1[N+](=O)[O-]. The lowest BCUT2D eigenvalue weighted by atomic mass is 10.2. The highest BCUT2D eigenvalue weighted by atomic mass is 32.2. The second kappa shape index (κ2) is 8.23. The second-order valence-corrected chi connectivity index (χ2v) is 8.29. The summed E-state index contributed by atoms with van der Waals surface area (Å²) in [5, 5.41) is 18.3. The van der Waals surface area contributed by atoms with Crippen molar-refractivity contribution in [2.24, 2.45) is 0 Å². The highest BCUT2D eigenvalue weighted by molar-refractivity contribution is 7.90. The molecule has 0 saturated carbocycles. The summed E-state index contributed by atoms with van der Waals surface area (Å²) in [4.78, 5) is 22.2. The Labute approximate surface area is 167 Å².